The molecule has 2 fully saturated rings. The van der Waals surface area contributed by atoms with Crippen LogP contribution in [0.1, 0.15) is 77.7 Å². The van der Waals surface area contributed by atoms with Gasteiger partial charge in [-0.25, -0.2) is 15.0 Å². The number of aliphatic hydroxyl groups excluding tert-OH is 2. The number of nitrogen functional groups attached to an aromatic ring is 1. The molecule has 5 N–H and O–H groups in total. The van der Waals surface area contributed by atoms with Gasteiger partial charge in [-0.1, -0.05) is 40.7 Å². The summed E-state index contributed by atoms with van der Waals surface area (Å²) in [5.74, 6) is 2.72. The van der Waals surface area contributed by atoms with E-state index in [2.05, 4.69) is 72.7 Å². The third-order valence-electron chi connectivity index (χ3n) is 9.65. The predicted molar refractivity (Wildman–Crippen MR) is 167 cm³/mol. The van der Waals surface area contributed by atoms with Gasteiger partial charge in [0.05, 0.1) is 28.6 Å². The van der Waals surface area contributed by atoms with Crippen LogP contribution < -0.4 is 5.73 Å². The molecule has 0 aliphatic heterocycles. The number of aromatic nitrogens is 5. The highest BCUT2D eigenvalue weighted by Gasteiger charge is 2.45. The number of aryl methyl sites for hydroxylation is 1. The largest absolute Gasteiger partial charge is 0.390 e. The number of anilines is 1. The lowest BCUT2D eigenvalue weighted by Gasteiger charge is -2.45. The fourth-order valence-corrected chi connectivity index (χ4v) is 7.18. The van der Waals surface area contributed by atoms with Crippen molar-refractivity contribution in [3.8, 4) is 0 Å². The minimum atomic E-state index is -0.847. The van der Waals surface area contributed by atoms with Gasteiger partial charge >= 0.3 is 0 Å². The molecule has 0 bridgehead atoms. The highest BCUT2D eigenvalue weighted by atomic mass is 16.3. The van der Waals surface area contributed by atoms with Gasteiger partial charge in [0.1, 0.15) is 29.7 Å². The lowest BCUT2D eigenvalue weighted by Crippen LogP contribution is -2.49. The first kappa shape index (κ1) is 29.1. The molecular formula is C33H47N7O2. The van der Waals surface area contributed by atoms with E-state index in [4.69, 9.17) is 10.7 Å². The van der Waals surface area contributed by atoms with Gasteiger partial charge in [0.15, 0.2) is 0 Å². The Bertz CT molecular complexity index is 1530. The highest BCUT2D eigenvalue weighted by molar-refractivity contribution is 5.86. The van der Waals surface area contributed by atoms with Crippen LogP contribution in [0.4, 0.5) is 5.82 Å². The summed E-state index contributed by atoms with van der Waals surface area (Å²) in [7, 11) is 0. The third-order valence-corrected chi connectivity index (χ3v) is 9.65. The van der Waals surface area contributed by atoms with Crippen molar-refractivity contribution in [2.24, 2.45) is 17.8 Å². The average molecular weight is 574 g/mol. The quantitative estimate of drug-likeness (QED) is 0.226. The van der Waals surface area contributed by atoms with Crippen LogP contribution in [-0.4, -0.2) is 71.0 Å². The summed E-state index contributed by atoms with van der Waals surface area (Å²) in [6, 6.07) is 8.75. The first-order valence-electron chi connectivity index (χ1n) is 15.6. The Labute approximate surface area is 248 Å². The number of aromatic amines is 1. The number of nitrogens with two attached hydrogens (primary N) is 1. The number of hydrogen-bond donors (Lipinski definition) is 4. The van der Waals surface area contributed by atoms with Crippen LogP contribution in [-0.2, 0) is 11.8 Å². The molecule has 1 aromatic carbocycles. The Morgan fingerprint density at radius 3 is 2.62 bits per heavy atom. The summed E-state index contributed by atoms with van der Waals surface area (Å²) < 4.78 is 1.97. The van der Waals surface area contributed by atoms with Gasteiger partial charge in [-0.05, 0) is 66.7 Å². The lowest BCUT2D eigenvalue weighted by atomic mass is 9.76. The number of hydrogen-bond acceptors (Lipinski definition) is 7. The van der Waals surface area contributed by atoms with E-state index in [1.165, 1.54) is 24.7 Å². The average Bonchev–Trinajstić information content (AvgIpc) is 3.59. The number of nitrogens with zero attached hydrogens (tertiary/aromatic N) is 5. The Morgan fingerprint density at radius 2 is 1.88 bits per heavy atom. The molecule has 2 aliphatic carbocycles. The topological polar surface area (TPSA) is 129 Å². The molecule has 226 valence electrons. The first-order chi connectivity index (χ1) is 20.0. The monoisotopic (exact) mass is 573 g/mol. The second kappa shape index (κ2) is 11.2. The Kier molecular flexibility index (Phi) is 7.79. The summed E-state index contributed by atoms with van der Waals surface area (Å²) in [6.45, 7) is 13.0. The molecule has 0 spiro atoms. The zero-order valence-electron chi connectivity index (χ0n) is 25.7. The number of benzene rings is 1. The summed E-state index contributed by atoms with van der Waals surface area (Å²) in [5.41, 5.74) is 10.4. The summed E-state index contributed by atoms with van der Waals surface area (Å²) in [6.07, 6.45) is 6.90. The minimum absolute atomic E-state index is 0.00651. The van der Waals surface area contributed by atoms with Crippen molar-refractivity contribution in [2.45, 2.75) is 96.4 Å². The number of rotatable bonds is 9. The van der Waals surface area contributed by atoms with Gasteiger partial charge in [-0.2, -0.15) is 0 Å². The number of imidazole rings is 1. The standard InChI is InChI=1S/C33H47N7O2/c1-19(2)16-39(17-21-14-27(30(42)29(21)41)40-11-10-24-31(34)35-18-36-32(24)40)23-12-20(13-23)6-9-28-37-25-8-7-22(33(3,4)5)15-26(25)38-28/h7-8,10-11,15,18-21,23,27,29-30,41-42H,6,9,12-14,16-17H2,1-5H3,(H,37,38)(H2,34,35,36)/t20?,21-,23?,27?,29-,30?/m1/s1. The van der Waals surface area contributed by atoms with Gasteiger partial charge in [0.25, 0.3) is 0 Å². The van der Waals surface area contributed by atoms with Gasteiger partial charge in [0.2, 0.25) is 0 Å². The molecular weight excluding hydrogens is 526 g/mol. The van der Waals surface area contributed by atoms with E-state index >= 15 is 0 Å². The Morgan fingerprint density at radius 1 is 1.10 bits per heavy atom. The molecule has 3 aromatic heterocycles. The second-order valence-electron chi connectivity index (χ2n) is 14.3. The Hall–Kier alpha value is -3.01. The lowest BCUT2D eigenvalue weighted by molar-refractivity contribution is -0.0132. The molecule has 4 atom stereocenters. The molecule has 6 rings (SSSR count). The van der Waals surface area contributed by atoms with E-state index < -0.39 is 12.2 Å². The predicted octanol–water partition coefficient (Wildman–Crippen LogP) is 4.84. The van der Waals surface area contributed by atoms with Gasteiger partial charge in [0, 0.05) is 37.7 Å². The summed E-state index contributed by atoms with van der Waals surface area (Å²) >= 11 is 0. The van der Waals surface area contributed by atoms with Crippen molar-refractivity contribution >= 4 is 27.9 Å². The number of fused-ring (bicyclic) bond motifs is 2. The van der Waals surface area contributed by atoms with Crippen LogP contribution >= 0.6 is 0 Å². The fraction of sp³-hybridized carbons (Fsp3) is 0.606. The molecule has 2 unspecified atom stereocenters. The van der Waals surface area contributed by atoms with Gasteiger partial charge in [-0.15, -0.1) is 0 Å². The van der Waals surface area contributed by atoms with E-state index in [9.17, 15) is 10.2 Å². The zero-order chi connectivity index (χ0) is 29.8. The fourth-order valence-electron chi connectivity index (χ4n) is 7.18. The van der Waals surface area contributed by atoms with Crippen molar-refractivity contribution < 1.29 is 10.2 Å². The summed E-state index contributed by atoms with van der Waals surface area (Å²) in [5, 5.41) is 23.0. The van der Waals surface area contributed by atoms with Crippen LogP contribution in [0.15, 0.2) is 36.8 Å². The molecule has 3 heterocycles. The molecule has 4 aromatic rings. The van der Waals surface area contributed by atoms with Crippen molar-refractivity contribution in [3.63, 3.8) is 0 Å². The van der Waals surface area contributed by atoms with E-state index in [1.54, 1.807) is 0 Å². The van der Waals surface area contributed by atoms with E-state index in [-0.39, 0.29) is 17.4 Å². The van der Waals surface area contributed by atoms with Gasteiger partial charge in [-0.3, -0.25) is 4.90 Å². The van der Waals surface area contributed by atoms with Crippen LogP contribution in [0.2, 0.25) is 0 Å². The Balaban J connectivity index is 1.07. The molecule has 42 heavy (non-hydrogen) atoms. The van der Waals surface area contributed by atoms with Crippen molar-refractivity contribution in [1.29, 1.82) is 0 Å². The first-order valence-corrected chi connectivity index (χ1v) is 15.6. The smallest absolute Gasteiger partial charge is 0.145 e. The SMILES string of the molecule is CC(C)CN(C[C@H]1CC(n2ccc3c(N)ncnc32)C(O)[C@@H]1O)C1CC(CCc2nc3ccc(C(C)(C)C)cc3[nH]2)C1. The van der Waals surface area contributed by atoms with Crippen LogP contribution in [0, 0.1) is 17.8 Å². The minimum Gasteiger partial charge on any atom is -0.390 e. The van der Waals surface area contributed by atoms with Crippen LogP contribution in [0.3, 0.4) is 0 Å². The molecule has 2 aliphatic rings. The number of H-pyrrole nitrogens is 1. The van der Waals surface area contributed by atoms with Crippen LogP contribution in [0.25, 0.3) is 22.1 Å². The number of aliphatic hydroxyl groups is 2. The zero-order valence-corrected chi connectivity index (χ0v) is 25.7. The van der Waals surface area contributed by atoms with Crippen molar-refractivity contribution in [3.05, 3.63) is 48.2 Å². The number of nitrogens with one attached hydrogen (secondary N) is 1. The maximum Gasteiger partial charge on any atom is 0.145 e. The third kappa shape index (κ3) is 5.66. The van der Waals surface area contributed by atoms with Crippen LogP contribution in [0.5, 0.6) is 0 Å². The van der Waals surface area contributed by atoms with E-state index in [0.29, 0.717) is 35.8 Å². The molecule has 9 nitrogen and oxygen atoms in total. The normalized spacial score (nSPS) is 26.6. The molecule has 9 heteroatoms. The highest BCUT2D eigenvalue weighted by Crippen LogP contribution is 2.41. The maximum absolute atomic E-state index is 11.1. The maximum atomic E-state index is 11.1. The summed E-state index contributed by atoms with van der Waals surface area (Å²) in [4.78, 5) is 19.5. The molecule has 2 saturated carbocycles. The second-order valence-corrected chi connectivity index (χ2v) is 14.3. The van der Waals surface area contributed by atoms with Crippen molar-refractivity contribution in [2.75, 3.05) is 18.8 Å². The van der Waals surface area contributed by atoms with E-state index in [1.807, 2.05) is 16.8 Å². The van der Waals surface area contributed by atoms with E-state index in [0.717, 1.165) is 48.2 Å². The molecule has 0 amide bonds. The molecule has 0 saturated heterocycles. The van der Waals surface area contributed by atoms with Gasteiger partial charge < -0.3 is 25.5 Å². The van der Waals surface area contributed by atoms with Crippen molar-refractivity contribution in [1.82, 2.24) is 29.4 Å². The molecule has 0 radical (unpaired) electrons.